The van der Waals surface area contributed by atoms with Crippen LogP contribution in [0.3, 0.4) is 0 Å². The van der Waals surface area contributed by atoms with Crippen molar-refractivity contribution in [3.8, 4) is 17.6 Å². The Morgan fingerprint density at radius 3 is 2.74 bits per heavy atom. The monoisotopic (exact) mass is 260 g/mol. The van der Waals surface area contributed by atoms with Crippen LogP contribution in [0.25, 0.3) is 0 Å². The molecule has 1 aromatic carbocycles. The van der Waals surface area contributed by atoms with E-state index in [0.717, 1.165) is 24.3 Å². The first-order valence-corrected chi connectivity index (χ1v) is 6.67. The maximum atomic E-state index is 9.09. The van der Waals surface area contributed by atoms with E-state index in [0.29, 0.717) is 17.4 Å². The summed E-state index contributed by atoms with van der Waals surface area (Å²) >= 11 is 0. The Morgan fingerprint density at radius 2 is 2.16 bits per heavy atom. The maximum Gasteiger partial charge on any atom is 0.164 e. The minimum atomic E-state index is 0.460. The summed E-state index contributed by atoms with van der Waals surface area (Å²) < 4.78 is 10.8. The van der Waals surface area contributed by atoms with E-state index in [1.54, 1.807) is 20.3 Å². The van der Waals surface area contributed by atoms with E-state index in [9.17, 15) is 0 Å². The van der Waals surface area contributed by atoms with Crippen molar-refractivity contribution < 1.29 is 9.47 Å². The Bertz CT molecular complexity index is 474. The molecule has 2 rings (SSSR count). The Hall–Kier alpha value is -1.73. The lowest BCUT2D eigenvalue weighted by molar-refractivity contribution is 0.345. The smallest absolute Gasteiger partial charge is 0.164 e. The summed E-state index contributed by atoms with van der Waals surface area (Å²) in [4.78, 5) is 0. The van der Waals surface area contributed by atoms with Gasteiger partial charge in [0.25, 0.3) is 0 Å². The van der Waals surface area contributed by atoms with Gasteiger partial charge in [-0.15, -0.1) is 0 Å². The van der Waals surface area contributed by atoms with Crippen molar-refractivity contribution >= 4 is 0 Å². The molecule has 1 heterocycles. The highest BCUT2D eigenvalue weighted by Crippen LogP contribution is 2.33. The van der Waals surface area contributed by atoms with E-state index in [1.807, 2.05) is 6.07 Å². The van der Waals surface area contributed by atoms with Crippen molar-refractivity contribution in [1.82, 2.24) is 5.32 Å². The first-order chi connectivity index (χ1) is 9.28. The summed E-state index contributed by atoms with van der Waals surface area (Å²) in [6.45, 7) is 1.07. The summed E-state index contributed by atoms with van der Waals surface area (Å²) in [6.07, 6.45) is 4.54. The molecule has 1 N–H and O–H groups in total. The van der Waals surface area contributed by atoms with Crippen LogP contribution in [-0.4, -0.2) is 26.8 Å². The molecule has 1 fully saturated rings. The molecular weight excluding hydrogens is 240 g/mol. The normalized spacial score (nSPS) is 18.7. The van der Waals surface area contributed by atoms with Gasteiger partial charge < -0.3 is 14.8 Å². The molecule has 0 saturated carbocycles. The number of nitrogens with one attached hydrogen (secondary N) is 1. The quantitative estimate of drug-likeness (QED) is 0.902. The number of benzene rings is 1. The molecule has 4 heteroatoms. The van der Waals surface area contributed by atoms with Crippen molar-refractivity contribution in [3.05, 3.63) is 23.3 Å². The summed E-state index contributed by atoms with van der Waals surface area (Å²) in [5.74, 6) is 1.38. The lowest BCUT2D eigenvalue weighted by Crippen LogP contribution is -2.35. The van der Waals surface area contributed by atoms with Crippen LogP contribution in [0.15, 0.2) is 12.1 Å². The third-order valence-electron chi connectivity index (χ3n) is 3.56. The molecule has 102 valence electrons. The molecule has 0 aliphatic carbocycles. The van der Waals surface area contributed by atoms with Gasteiger partial charge in [-0.05, 0) is 31.9 Å². The van der Waals surface area contributed by atoms with Crippen LogP contribution in [0.2, 0.25) is 0 Å². The zero-order valence-corrected chi connectivity index (χ0v) is 11.5. The predicted molar refractivity (Wildman–Crippen MR) is 73.6 cm³/mol. The molecule has 1 aliphatic heterocycles. The Labute approximate surface area is 114 Å². The van der Waals surface area contributed by atoms with E-state index in [1.165, 1.54) is 19.3 Å². The van der Waals surface area contributed by atoms with Gasteiger partial charge in [0.2, 0.25) is 0 Å². The van der Waals surface area contributed by atoms with Crippen molar-refractivity contribution in [1.29, 1.82) is 5.26 Å². The fraction of sp³-hybridized carbons (Fsp3) is 0.533. The number of rotatable bonds is 4. The number of hydrogen-bond acceptors (Lipinski definition) is 4. The van der Waals surface area contributed by atoms with Gasteiger partial charge in [-0.25, -0.2) is 0 Å². The van der Waals surface area contributed by atoms with E-state index < -0.39 is 0 Å². The molecule has 1 saturated heterocycles. The van der Waals surface area contributed by atoms with E-state index >= 15 is 0 Å². The highest BCUT2D eigenvalue weighted by molar-refractivity contribution is 5.52. The third-order valence-corrected chi connectivity index (χ3v) is 3.56. The Kier molecular flexibility index (Phi) is 4.64. The molecule has 1 atom stereocenters. The van der Waals surface area contributed by atoms with Crippen LogP contribution in [0, 0.1) is 11.3 Å². The van der Waals surface area contributed by atoms with Crippen molar-refractivity contribution in [2.45, 2.75) is 31.7 Å². The van der Waals surface area contributed by atoms with Gasteiger partial charge in [0.15, 0.2) is 11.5 Å². The summed E-state index contributed by atoms with van der Waals surface area (Å²) in [5.41, 5.74) is 1.65. The van der Waals surface area contributed by atoms with Crippen molar-refractivity contribution in [2.24, 2.45) is 0 Å². The zero-order chi connectivity index (χ0) is 13.7. The van der Waals surface area contributed by atoms with Crippen LogP contribution < -0.4 is 14.8 Å². The summed E-state index contributed by atoms with van der Waals surface area (Å²) in [6, 6.07) is 6.25. The molecule has 0 bridgehead atoms. The standard InChI is InChI=1S/C15H20N2O2/c1-18-14-8-11(10-16)7-12(15(14)19-2)9-13-5-3-4-6-17-13/h7-8,13,17H,3-6,9H2,1-2H3. The minimum absolute atomic E-state index is 0.460. The van der Waals surface area contributed by atoms with Gasteiger partial charge in [-0.1, -0.05) is 6.42 Å². The number of hydrogen-bond donors (Lipinski definition) is 1. The fourth-order valence-electron chi connectivity index (χ4n) is 2.62. The Morgan fingerprint density at radius 1 is 1.32 bits per heavy atom. The minimum Gasteiger partial charge on any atom is -0.493 e. The fourth-order valence-corrected chi connectivity index (χ4v) is 2.62. The number of piperidine rings is 1. The Balaban J connectivity index is 2.28. The summed E-state index contributed by atoms with van der Waals surface area (Å²) in [5, 5.41) is 12.6. The molecular formula is C15H20N2O2. The van der Waals surface area contributed by atoms with Crippen LogP contribution in [-0.2, 0) is 6.42 Å². The third kappa shape index (κ3) is 3.18. The second-order valence-electron chi connectivity index (χ2n) is 4.83. The van der Waals surface area contributed by atoms with Crippen molar-refractivity contribution in [3.63, 3.8) is 0 Å². The van der Waals surface area contributed by atoms with Gasteiger partial charge in [0.1, 0.15) is 0 Å². The highest BCUT2D eigenvalue weighted by atomic mass is 16.5. The van der Waals surface area contributed by atoms with Gasteiger partial charge in [-0.2, -0.15) is 5.26 Å². The lowest BCUT2D eigenvalue weighted by Gasteiger charge is -2.24. The molecule has 1 aliphatic rings. The van der Waals surface area contributed by atoms with Gasteiger partial charge in [0.05, 0.1) is 25.9 Å². The van der Waals surface area contributed by atoms with Gasteiger partial charge in [-0.3, -0.25) is 0 Å². The highest BCUT2D eigenvalue weighted by Gasteiger charge is 2.18. The first-order valence-electron chi connectivity index (χ1n) is 6.67. The zero-order valence-electron chi connectivity index (χ0n) is 11.5. The van der Waals surface area contributed by atoms with E-state index in [4.69, 9.17) is 14.7 Å². The largest absolute Gasteiger partial charge is 0.493 e. The van der Waals surface area contributed by atoms with Crippen LogP contribution >= 0.6 is 0 Å². The van der Waals surface area contributed by atoms with Crippen LogP contribution in [0.4, 0.5) is 0 Å². The van der Waals surface area contributed by atoms with Crippen LogP contribution in [0.1, 0.15) is 30.4 Å². The molecule has 4 nitrogen and oxygen atoms in total. The SMILES string of the molecule is COc1cc(C#N)cc(CC2CCCCN2)c1OC. The molecule has 0 spiro atoms. The molecule has 19 heavy (non-hydrogen) atoms. The molecule has 1 unspecified atom stereocenters. The number of ether oxygens (including phenoxy) is 2. The number of nitriles is 1. The second-order valence-corrected chi connectivity index (χ2v) is 4.83. The molecule has 0 radical (unpaired) electrons. The maximum absolute atomic E-state index is 9.09. The first kappa shape index (κ1) is 13.7. The predicted octanol–water partition coefficient (Wildman–Crippen LogP) is 2.26. The second kappa shape index (κ2) is 6.44. The van der Waals surface area contributed by atoms with Crippen LogP contribution in [0.5, 0.6) is 11.5 Å². The average molecular weight is 260 g/mol. The molecule has 0 aromatic heterocycles. The van der Waals surface area contributed by atoms with Gasteiger partial charge >= 0.3 is 0 Å². The van der Waals surface area contributed by atoms with Gasteiger partial charge in [0, 0.05) is 17.7 Å². The van der Waals surface area contributed by atoms with E-state index in [-0.39, 0.29) is 0 Å². The number of nitrogens with zero attached hydrogens (tertiary/aromatic N) is 1. The molecule has 1 aromatic rings. The van der Waals surface area contributed by atoms with E-state index in [2.05, 4.69) is 11.4 Å². The summed E-state index contributed by atoms with van der Waals surface area (Å²) in [7, 11) is 3.24. The topological polar surface area (TPSA) is 54.3 Å². The average Bonchev–Trinajstić information content (AvgIpc) is 2.47. The van der Waals surface area contributed by atoms with Crippen molar-refractivity contribution in [2.75, 3.05) is 20.8 Å². The lowest BCUT2D eigenvalue weighted by atomic mass is 9.96. The number of methoxy groups -OCH3 is 2. The molecule has 0 amide bonds.